The van der Waals surface area contributed by atoms with Crippen LogP contribution in [0.2, 0.25) is 5.02 Å². The predicted molar refractivity (Wildman–Crippen MR) is 75.6 cm³/mol. The molecule has 6 nitrogen and oxygen atoms in total. The molecule has 19 heavy (non-hydrogen) atoms. The van der Waals surface area contributed by atoms with Crippen LogP contribution in [0.5, 0.6) is 0 Å². The van der Waals surface area contributed by atoms with E-state index in [2.05, 4.69) is 20.5 Å². The molecule has 0 spiro atoms. The van der Waals surface area contributed by atoms with Crippen LogP contribution in [0.3, 0.4) is 0 Å². The molecule has 102 valence electrons. The maximum atomic E-state index is 6.18. The van der Waals surface area contributed by atoms with E-state index in [1.54, 1.807) is 4.68 Å². The number of halogens is 1. The number of nitrogen functional groups attached to an aromatic ring is 1. The molecular formula is C12H17ClN6. The van der Waals surface area contributed by atoms with Crippen LogP contribution in [0.25, 0.3) is 5.82 Å². The summed E-state index contributed by atoms with van der Waals surface area (Å²) in [7, 11) is 0. The van der Waals surface area contributed by atoms with Gasteiger partial charge in [0.1, 0.15) is 11.6 Å². The predicted octanol–water partition coefficient (Wildman–Crippen LogP) is 2.09. The van der Waals surface area contributed by atoms with Gasteiger partial charge in [0, 0.05) is 12.0 Å². The number of hydrazine groups is 1. The Bertz CT molecular complexity index is 619. The van der Waals surface area contributed by atoms with E-state index in [1.165, 1.54) is 0 Å². The van der Waals surface area contributed by atoms with E-state index < -0.39 is 0 Å². The van der Waals surface area contributed by atoms with Crippen LogP contribution >= 0.6 is 11.6 Å². The first-order valence-corrected chi connectivity index (χ1v) is 6.43. The van der Waals surface area contributed by atoms with Crippen LogP contribution in [-0.4, -0.2) is 19.7 Å². The summed E-state index contributed by atoms with van der Waals surface area (Å²) in [5.74, 6) is 7.51. The minimum absolute atomic E-state index is 0.602. The molecule has 0 radical (unpaired) electrons. The molecule has 0 saturated heterocycles. The number of nitrogens with two attached hydrogens (primary N) is 1. The van der Waals surface area contributed by atoms with Crippen molar-refractivity contribution in [1.82, 2.24) is 19.7 Å². The van der Waals surface area contributed by atoms with Crippen molar-refractivity contribution in [2.24, 2.45) is 5.84 Å². The topological polar surface area (TPSA) is 81.6 Å². The van der Waals surface area contributed by atoms with Crippen molar-refractivity contribution in [2.45, 2.75) is 34.1 Å². The maximum Gasteiger partial charge on any atom is 0.162 e. The molecule has 0 aliphatic carbocycles. The van der Waals surface area contributed by atoms with Gasteiger partial charge in [-0.15, -0.1) is 0 Å². The van der Waals surface area contributed by atoms with Crippen molar-refractivity contribution in [3.63, 3.8) is 0 Å². The lowest BCUT2D eigenvalue weighted by Crippen LogP contribution is -2.16. The zero-order chi connectivity index (χ0) is 14.2. The third-order valence-corrected chi connectivity index (χ3v) is 3.57. The highest BCUT2D eigenvalue weighted by Crippen LogP contribution is 2.25. The maximum absolute atomic E-state index is 6.18. The fraction of sp³-hybridized carbons (Fsp3) is 0.417. The monoisotopic (exact) mass is 280 g/mol. The molecule has 2 rings (SSSR count). The fourth-order valence-corrected chi connectivity index (χ4v) is 2.00. The summed E-state index contributed by atoms with van der Waals surface area (Å²) < 4.78 is 1.73. The smallest absolute Gasteiger partial charge is 0.162 e. The lowest BCUT2D eigenvalue weighted by atomic mass is 10.3. The highest BCUT2D eigenvalue weighted by molar-refractivity contribution is 6.31. The van der Waals surface area contributed by atoms with E-state index in [4.69, 9.17) is 17.4 Å². The van der Waals surface area contributed by atoms with Crippen molar-refractivity contribution < 1.29 is 0 Å². The molecule has 0 saturated carbocycles. The van der Waals surface area contributed by atoms with Gasteiger partial charge in [-0.25, -0.2) is 20.5 Å². The summed E-state index contributed by atoms with van der Waals surface area (Å²) in [5, 5.41) is 5.07. The number of aryl methyl sites for hydroxylation is 2. The Labute approximate surface area is 117 Å². The van der Waals surface area contributed by atoms with Crippen LogP contribution < -0.4 is 11.3 Å². The summed E-state index contributed by atoms with van der Waals surface area (Å²) >= 11 is 6.18. The average molecular weight is 281 g/mol. The number of rotatable bonds is 3. The van der Waals surface area contributed by atoms with Crippen LogP contribution in [0.15, 0.2) is 0 Å². The van der Waals surface area contributed by atoms with Crippen molar-refractivity contribution in [3.8, 4) is 5.82 Å². The zero-order valence-corrected chi connectivity index (χ0v) is 12.2. The minimum atomic E-state index is 0.602. The van der Waals surface area contributed by atoms with Crippen LogP contribution in [0.4, 0.5) is 5.82 Å². The third kappa shape index (κ3) is 2.29. The first-order valence-electron chi connectivity index (χ1n) is 6.05. The molecular weight excluding hydrogens is 264 g/mol. The Kier molecular flexibility index (Phi) is 3.73. The van der Waals surface area contributed by atoms with E-state index in [-0.39, 0.29) is 0 Å². The molecule has 0 unspecified atom stereocenters. The summed E-state index contributed by atoms with van der Waals surface area (Å²) in [5.41, 5.74) is 5.06. The summed E-state index contributed by atoms with van der Waals surface area (Å²) in [6, 6.07) is 0. The van der Waals surface area contributed by atoms with E-state index in [9.17, 15) is 0 Å². The Hall–Kier alpha value is -1.66. The van der Waals surface area contributed by atoms with Crippen molar-refractivity contribution in [3.05, 3.63) is 27.8 Å². The van der Waals surface area contributed by atoms with Crippen LogP contribution in [0.1, 0.15) is 29.7 Å². The van der Waals surface area contributed by atoms with Gasteiger partial charge in [-0.3, -0.25) is 0 Å². The average Bonchev–Trinajstić information content (AvgIpc) is 2.67. The molecule has 0 atom stereocenters. The highest BCUT2D eigenvalue weighted by atomic mass is 35.5. The summed E-state index contributed by atoms with van der Waals surface area (Å²) in [6.07, 6.45) is 0.717. The Morgan fingerprint density at radius 2 is 1.95 bits per heavy atom. The lowest BCUT2D eigenvalue weighted by Gasteiger charge is -2.12. The SMILES string of the molecule is CCc1nc(NN)c(C)c(-n2nc(C)c(Cl)c2C)n1. The van der Waals surface area contributed by atoms with Crippen molar-refractivity contribution in [1.29, 1.82) is 0 Å². The van der Waals surface area contributed by atoms with Gasteiger partial charge < -0.3 is 5.43 Å². The van der Waals surface area contributed by atoms with E-state index >= 15 is 0 Å². The van der Waals surface area contributed by atoms with Gasteiger partial charge in [-0.1, -0.05) is 18.5 Å². The number of nitrogens with one attached hydrogen (secondary N) is 1. The molecule has 0 fully saturated rings. The standard InChI is InChI=1S/C12H17ClN6/c1-5-9-15-11(17-14)6(2)12(16-9)19-8(4)10(13)7(3)18-19/h5,14H2,1-4H3,(H,15,16,17). The molecule has 0 aliphatic rings. The number of anilines is 1. The molecule has 0 aliphatic heterocycles. The largest absolute Gasteiger partial charge is 0.308 e. The quantitative estimate of drug-likeness (QED) is 0.664. The van der Waals surface area contributed by atoms with E-state index in [1.807, 2.05) is 27.7 Å². The molecule has 2 heterocycles. The normalized spacial score (nSPS) is 10.8. The fourth-order valence-electron chi connectivity index (χ4n) is 1.88. The molecule has 0 amide bonds. The Morgan fingerprint density at radius 3 is 2.42 bits per heavy atom. The second-order valence-electron chi connectivity index (χ2n) is 4.33. The summed E-state index contributed by atoms with van der Waals surface area (Å²) in [6.45, 7) is 7.66. The summed E-state index contributed by atoms with van der Waals surface area (Å²) in [4.78, 5) is 8.85. The Balaban J connectivity index is 2.70. The first kappa shape index (κ1) is 13.8. The van der Waals surface area contributed by atoms with Crippen molar-refractivity contribution >= 4 is 17.4 Å². The molecule has 7 heteroatoms. The number of hydrogen-bond acceptors (Lipinski definition) is 5. The Morgan fingerprint density at radius 1 is 1.26 bits per heavy atom. The van der Waals surface area contributed by atoms with Gasteiger partial charge in [0.15, 0.2) is 5.82 Å². The van der Waals surface area contributed by atoms with E-state index in [0.29, 0.717) is 22.5 Å². The minimum Gasteiger partial charge on any atom is -0.308 e. The van der Waals surface area contributed by atoms with Gasteiger partial charge >= 0.3 is 0 Å². The molecule has 2 aromatic rings. The van der Waals surface area contributed by atoms with Crippen LogP contribution in [-0.2, 0) is 6.42 Å². The van der Waals surface area contributed by atoms with Gasteiger partial charge in [0.2, 0.25) is 0 Å². The van der Waals surface area contributed by atoms with Crippen LogP contribution in [0, 0.1) is 20.8 Å². The number of aromatic nitrogens is 4. The zero-order valence-electron chi connectivity index (χ0n) is 11.5. The van der Waals surface area contributed by atoms with Gasteiger partial charge in [-0.05, 0) is 20.8 Å². The molecule has 2 aromatic heterocycles. The molecule has 0 aromatic carbocycles. The van der Waals surface area contributed by atoms with Gasteiger partial charge in [-0.2, -0.15) is 5.10 Å². The number of nitrogens with zero attached hydrogens (tertiary/aromatic N) is 4. The highest BCUT2D eigenvalue weighted by Gasteiger charge is 2.16. The number of hydrogen-bond donors (Lipinski definition) is 2. The molecule has 3 N–H and O–H groups in total. The van der Waals surface area contributed by atoms with Gasteiger partial charge in [0.05, 0.1) is 16.4 Å². The van der Waals surface area contributed by atoms with Gasteiger partial charge in [0.25, 0.3) is 0 Å². The van der Waals surface area contributed by atoms with Crippen molar-refractivity contribution in [2.75, 3.05) is 5.43 Å². The second kappa shape index (κ2) is 5.14. The second-order valence-corrected chi connectivity index (χ2v) is 4.71. The molecule has 0 bridgehead atoms. The van der Waals surface area contributed by atoms with E-state index in [0.717, 1.165) is 23.4 Å². The lowest BCUT2D eigenvalue weighted by molar-refractivity contribution is 0.775. The third-order valence-electron chi connectivity index (χ3n) is 3.02. The first-order chi connectivity index (χ1) is 8.99.